The van der Waals surface area contributed by atoms with Gasteiger partial charge in [-0.2, -0.15) is 0 Å². The van der Waals surface area contributed by atoms with Gasteiger partial charge >= 0.3 is 5.97 Å². The van der Waals surface area contributed by atoms with Crippen molar-refractivity contribution in [2.24, 2.45) is 5.92 Å². The number of carbonyl (C=O) groups is 3. The quantitative estimate of drug-likeness (QED) is 0.582. The first-order valence-corrected chi connectivity index (χ1v) is 9.14. The average Bonchev–Trinajstić information content (AvgIpc) is 3.08. The number of hydrogen-bond acceptors (Lipinski definition) is 4. The molecule has 2 aromatic rings. The number of anilines is 1. The zero-order chi connectivity index (χ0) is 19.4. The lowest BCUT2D eigenvalue weighted by atomic mass is 10.1. The minimum atomic E-state index is -0.548. The van der Waals surface area contributed by atoms with E-state index in [4.69, 9.17) is 4.74 Å². The second-order valence-electron chi connectivity index (χ2n) is 6.78. The molecule has 0 N–H and O–H groups in total. The van der Waals surface area contributed by atoms with Crippen LogP contribution in [-0.2, 0) is 20.7 Å². The van der Waals surface area contributed by atoms with Gasteiger partial charge in [0.15, 0.2) is 12.4 Å². The molecule has 1 amide bonds. The Balaban J connectivity index is 1.60. The molecule has 1 fully saturated rings. The number of carbonyl (C=O) groups excluding carboxylic acids is 3. The Hall–Kier alpha value is -2.95. The van der Waals surface area contributed by atoms with E-state index in [2.05, 4.69) is 0 Å². The van der Waals surface area contributed by atoms with E-state index >= 15 is 0 Å². The molecule has 0 saturated carbocycles. The second kappa shape index (κ2) is 8.16. The van der Waals surface area contributed by atoms with Crippen LogP contribution in [0.3, 0.4) is 0 Å². The third-order valence-electron chi connectivity index (χ3n) is 4.84. The van der Waals surface area contributed by atoms with Gasteiger partial charge in [-0.3, -0.25) is 14.4 Å². The summed E-state index contributed by atoms with van der Waals surface area (Å²) in [6.45, 7) is 3.95. The Morgan fingerprint density at radius 2 is 1.81 bits per heavy atom. The summed E-state index contributed by atoms with van der Waals surface area (Å²) >= 11 is 0. The summed E-state index contributed by atoms with van der Waals surface area (Å²) in [7, 11) is 0. The SMILES string of the molecule is CCc1ccccc1N1CC(C(=O)OCC(=O)c2ccc(C)cc2)CC1=O. The average molecular weight is 365 g/mol. The number of nitrogens with zero attached hydrogens (tertiary/aromatic N) is 1. The van der Waals surface area contributed by atoms with Gasteiger partial charge in [-0.15, -0.1) is 0 Å². The number of ketones is 1. The minimum absolute atomic E-state index is 0.0947. The van der Waals surface area contributed by atoms with Crippen LogP contribution in [0.5, 0.6) is 0 Å². The highest BCUT2D eigenvalue weighted by molar-refractivity contribution is 6.01. The fraction of sp³-hybridized carbons (Fsp3) is 0.318. The van der Waals surface area contributed by atoms with Crippen LogP contribution in [0, 0.1) is 12.8 Å². The Labute approximate surface area is 158 Å². The number of aryl methyl sites for hydroxylation is 2. The molecule has 1 saturated heterocycles. The molecule has 0 spiro atoms. The highest BCUT2D eigenvalue weighted by Gasteiger charge is 2.37. The van der Waals surface area contributed by atoms with E-state index < -0.39 is 11.9 Å². The summed E-state index contributed by atoms with van der Waals surface area (Å²) in [4.78, 5) is 38.6. The summed E-state index contributed by atoms with van der Waals surface area (Å²) in [6.07, 6.45) is 0.912. The molecule has 1 atom stereocenters. The molecule has 0 aromatic heterocycles. The smallest absolute Gasteiger partial charge is 0.311 e. The van der Waals surface area contributed by atoms with Gasteiger partial charge in [0.25, 0.3) is 0 Å². The van der Waals surface area contributed by atoms with E-state index in [-0.39, 0.29) is 31.3 Å². The normalized spacial score (nSPS) is 16.4. The molecule has 27 heavy (non-hydrogen) atoms. The summed E-state index contributed by atoms with van der Waals surface area (Å²) < 4.78 is 5.19. The number of benzene rings is 2. The number of rotatable bonds is 6. The Morgan fingerprint density at radius 3 is 2.52 bits per heavy atom. The molecule has 1 aliphatic heterocycles. The van der Waals surface area contributed by atoms with Gasteiger partial charge in [0, 0.05) is 24.2 Å². The largest absolute Gasteiger partial charge is 0.457 e. The number of para-hydroxylation sites is 1. The third-order valence-corrected chi connectivity index (χ3v) is 4.84. The van der Waals surface area contributed by atoms with Crippen molar-refractivity contribution in [3.05, 3.63) is 65.2 Å². The maximum absolute atomic E-state index is 12.4. The highest BCUT2D eigenvalue weighted by atomic mass is 16.5. The fourth-order valence-electron chi connectivity index (χ4n) is 3.25. The van der Waals surface area contributed by atoms with Gasteiger partial charge < -0.3 is 9.64 Å². The molecule has 140 valence electrons. The maximum Gasteiger partial charge on any atom is 0.311 e. The van der Waals surface area contributed by atoms with Crippen LogP contribution in [-0.4, -0.2) is 30.8 Å². The van der Waals surface area contributed by atoms with Crippen LogP contribution in [0.4, 0.5) is 5.69 Å². The number of esters is 1. The van der Waals surface area contributed by atoms with Crippen LogP contribution in [0.1, 0.15) is 34.8 Å². The Bertz CT molecular complexity index is 857. The van der Waals surface area contributed by atoms with Gasteiger partial charge in [0.05, 0.1) is 5.92 Å². The zero-order valence-corrected chi connectivity index (χ0v) is 15.6. The van der Waals surface area contributed by atoms with Crippen molar-refractivity contribution < 1.29 is 19.1 Å². The zero-order valence-electron chi connectivity index (χ0n) is 15.6. The molecular weight excluding hydrogens is 342 g/mol. The second-order valence-corrected chi connectivity index (χ2v) is 6.78. The minimum Gasteiger partial charge on any atom is -0.457 e. The van der Waals surface area contributed by atoms with Crippen molar-refractivity contribution in [1.29, 1.82) is 0 Å². The molecule has 3 rings (SSSR count). The van der Waals surface area contributed by atoms with E-state index in [1.807, 2.05) is 50.2 Å². The van der Waals surface area contributed by atoms with E-state index in [9.17, 15) is 14.4 Å². The molecule has 1 aliphatic rings. The van der Waals surface area contributed by atoms with Gasteiger partial charge in [0.1, 0.15) is 0 Å². The molecule has 1 heterocycles. The lowest BCUT2D eigenvalue weighted by molar-refractivity contribution is -0.147. The van der Waals surface area contributed by atoms with Crippen molar-refractivity contribution in [1.82, 2.24) is 0 Å². The number of hydrogen-bond donors (Lipinski definition) is 0. The van der Waals surface area contributed by atoms with Crippen molar-refractivity contribution in [3.63, 3.8) is 0 Å². The third kappa shape index (κ3) is 4.25. The van der Waals surface area contributed by atoms with Crippen LogP contribution in [0.2, 0.25) is 0 Å². The monoisotopic (exact) mass is 365 g/mol. The van der Waals surface area contributed by atoms with Crippen LogP contribution in [0.25, 0.3) is 0 Å². The molecule has 5 heteroatoms. The molecule has 2 aromatic carbocycles. The highest BCUT2D eigenvalue weighted by Crippen LogP contribution is 2.29. The van der Waals surface area contributed by atoms with E-state index in [0.29, 0.717) is 5.56 Å². The van der Waals surface area contributed by atoms with Gasteiger partial charge in [-0.05, 0) is 25.0 Å². The summed E-state index contributed by atoms with van der Waals surface area (Å²) in [6, 6.07) is 14.8. The van der Waals surface area contributed by atoms with E-state index in [0.717, 1.165) is 23.2 Å². The van der Waals surface area contributed by atoms with Crippen LogP contribution < -0.4 is 4.90 Å². The predicted molar refractivity (Wildman–Crippen MR) is 103 cm³/mol. The van der Waals surface area contributed by atoms with E-state index in [1.165, 1.54) is 0 Å². The van der Waals surface area contributed by atoms with Crippen molar-refractivity contribution >= 4 is 23.3 Å². The van der Waals surface area contributed by atoms with Crippen molar-refractivity contribution in [3.8, 4) is 0 Å². The van der Waals surface area contributed by atoms with Gasteiger partial charge in [0.2, 0.25) is 5.91 Å². The van der Waals surface area contributed by atoms with E-state index in [1.54, 1.807) is 17.0 Å². The molecule has 0 aliphatic carbocycles. The number of Topliss-reactive ketones (excluding diaryl/α,β-unsaturated/α-hetero) is 1. The standard InChI is InChI=1S/C22H23NO4/c1-3-16-6-4-5-7-19(16)23-13-18(12-21(23)25)22(26)27-14-20(24)17-10-8-15(2)9-11-17/h4-11,18H,3,12-14H2,1-2H3. The van der Waals surface area contributed by atoms with Crippen LogP contribution in [0.15, 0.2) is 48.5 Å². The predicted octanol–water partition coefficient (Wildman–Crippen LogP) is 3.34. The van der Waals surface area contributed by atoms with Gasteiger partial charge in [-0.25, -0.2) is 0 Å². The Morgan fingerprint density at radius 1 is 1.11 bits per heavy atom. The van der Waals surface area contributed by atoms with Gasteiger partial charge in [-0.1, -0.05) is 55.0 Å². The topological polar surface area (TPSA) is 63.7 Å². The lowest BCUT2D eigenvalue weighted by Crippen LogP contribution is -2.28. The maximum atomic E-state index is 12.4. The molecule has 0 radical (unpaired) electrons. The Kier molecular flexibility index (Phi) is 5.69. The van der Waals surface area contributed by atoms with Crippen LogP contribution >= 0.6 is 0 Å². The summed E-state index contributed by atoms with van der Waals surface area (Å²) in [5.41, 5.74) is 3.47. The first kappa shape index (κ1) is 18.8. The van der Waals surface area contributed by atoms with Crippen molar-refractivity contribution in [2.45, 2.75) is 26.7 Å². The molecular formula is C22H23NO4. The first-order chi connectivity index (χ1) is 13.0. The summed E-state index contributed by atoms with van der Waals surface area (Å²) in [5.74, 6) is -1.39. The fourth-order valence-corrected chi connectivity index (χ4v) is 3.25. The molecule has 1 unspecified atom stereocenters. The number of ether oxygens (including phenoxy) is 1. The number of amides is 1. The summed E-state index contributed by atoms with van der Waals surface area (Å²) in [5, 5.41) is 0. The molecule has 0 bridgehead atoms. The lowest BCUT2D eigenvalue weighted by Gasteiger charge is -2.19. The first-order valence-electron chi connectivity index (χ1n) is 9.14. The van der Waals surface area contributed by atoms with Crippen molar-refractivity contribution in [2.75, 3.05) is 18.1 Å². The molecule has 5 nitrogen and oxygen atoms in total.